The molecule has 1 aliphatic rings. The second-order valence-electron chi connectivity index (χ2n) is 6.02. The number of benzene rings is 2. The molecule has 0 unspecified atom stereocenters. The second-order valence-corrected chi connectivity index (χ2v) is 6.02. The molecule has 4 heteroatoms. The summed E-state index contributed by atoms with van der Waals surface area (Å²) in [7, 11) is 0. The highest BCUT2D eigenvalue weighted by Gasteiger charge is 2.17. The SMILES string of the molecule is C=C1C=CC=C(c2ccc(C(C)=O)cc2)N1NC(C)=Nc1ccccc1. The number of rotatable bonds is 4. The Hall–Kier alpha value is -3.40. The normalized spacial score (nSPS) is 14.2. The van der Waals surface area contributed by atoms with E-state index in [1.54, 1.807) is 6.92 Å². The molecule has 0 radical (unpaired) electrons. The van der Waals surface area contributed by atoms with Crippen LogP contribution in [0.3, 0.4) is 0 Å². The molecule has 0 saturated heterocycles. The first-order valence-electron chi connectivity index (χ1n) is 8.40. The third-order valence-electron chi connectivity index (χ3n) is 3.98. The van der Waals surface area contributed by atoms with E-state index in [0.29, 0.717) is 5.56 Å². The lowest BCUT2D eigenvalue weighted by molar-refractivity contribution is 0.101. The highest BCUT2D eigenvalue weighted by atomic mass is 16.1. The lowest BCUT2D eigenvalue weighted by Crippen LogP contribution is -2.39. The molecule has 3 rings (SSSR count). The maximum atomic E-state index is 11.5. The number of hydrogen-bond acceptors (Lipinski definition) is 3. The molecule has 0 aromatic heterocycles. The number of carbonyl (C=O) groups is 1. The first kappa shape index (κ1) is 17.4. The summed E-state index contributed by atoms with van der Waals surface area (Å²) in [5, 5.41) is 1.89. The average molecular weight is 343 g/mol. The molecule has 1 heterocycles. The van der Waals surface area contributed by atoms with Crippen LogP contribution in [-0.2, 0) is 0 Å². The Bertz CT molecular complexity index is 906. The predicted molar refractivity (Wildman–Crippen MR) is 107 cm³/mol. The molecular weight excluding hydrogens is 322 g/mol. The van der Waals surface area contributed by atoms with Crippen molar-refractivity contribution in [2.75, 3.05) is 0 Å². The predicted octanol–water partition coefficient (Wildman–Crippen LogP) is 4.87. The number of hydrazine groups is 1. The summed E-state index contributed by atoms with van der Waals surface area (Å²) in [6.45, 7) is 7.58. The van der Waals surface area contributed by atoms with Gasteiger partial charge in [0.25, 0.3) is 0 Å². The van der Waals surface area contributed by atoms with Gasteiger partial charge in [-0.3, -0.25) is 15.2 Å². The minimum absolute atomic E-state index is 0.0549. The molecule has 0 amide bonds. The number of aliphatic imine (C=N–C) groups is 1. The van der Waals surface area contributed by atoms with Crippen molar-refractivity contribution in [3.05, 3.63) is 96.2 Å². The van der Waals surface area contributed by atoms with Crippen LogP contribution in [0.1, 0.15) is 29.8 Å². The average Bonchev–Trinajstić information content (AvgIpc) is 2.64. The molecule has 26 heavy (non-hydrogen) atoms. The zero-order valence-electron chi connectivity index (χ0n) is 14.9. The smallest absolute Gasteiger partial charge is 0.159 e. The van der Waals surface area contributed by atoms with Crippen LogP contribution in [0, 0.1) is 0 Å². The minimum Gasteiger partial charge on any atom is -0.295 e. The Balaban J connectivity index is 1.85. The van der Waals surface area contributed by atoms with Gasteiger partial charge in [-0.25, -0.2) is 4.99 Å². The summed E-state index contributed by atoms with van der Waals surface area (Å²) in [6.07, 6.45) is 5.88. The van der Waals surface area contributed by atoms with Gasteiger partial charge in [0, 0.05) is 11.1 Å². The summed E-state index contributed by atoms with van der Waals surface area (Å²) in [4.78, 5) is 16.1. The van der Waals surface area contributed by atoms with Gasteiger partial charge in [0.1, 0.15) is 5.84 Å². The molecule has 1 N–H and O–H groups in total. The Kier molecular flexibility index (Phi) is 5.13. The van der Waals surface area contributed by atoms with Crippen molar-refractivity contribution in [2.45, 2.75) is 13.8 Å². The number of carbonyl (C=O) groups excluding carboxylic acids is 1. The Morgan fingerprint density at radius 1 is 1.04 bits per heavy atom. The van der Waals surface area contributed by atoms with Crippen LogP contribution in [0.4, 0.5) is 5.69 Å². The summed E-state index contributed by atoms with van der Waals surface area (Å²) < 4.78 is 0. The molecule has 1 aliphatic heterocycles. The largest absolute Gasteiger partial charge is 0.295 e. The van der Waals surface area contributed by atoms with Crippen molar-refractivity contribution >= 4 is 23.0 Å². The molecular formula is C22H21N3O. The maximum absolute atomic E-state index is 11.5. The highest BCUT2D eigenvalue weighted by molar-refractivity contribution is 5.94. The number of para-hydroxylation sites is 1. The van der Waals surface area contributed by atoms with Crippen molar-refractivity contribution in [1.29, 1.82) is 0 Å². The van der Waals surface area contributed by atoms with Gasteiger partial charge in [0.05, 0.1) is 17.1 Å². The second kappa shape index (κ2) is 7.66. The van der Waals surface area contributed by atoms with E-state index >= 15 is 0 Å². The number of nitrogens with zero attached hydrogens (tertiary/aromatic N) is 2. The van der Waals surface area contributed by atoms with E-state index in [1.165, 1.54) is 0 Å². The Labute approximate surface area is 153 Å². The topological polar surface area (TPSA) is 44.7 Å². The number of hydrogen-bond donors (Lipinski definition) is 1. The van der Waals surface area contributed by atoms with Crippen LogP contribution >= 0.6 is 0 Å². The molecule has 0 atom stereocenters. The standard InChI is InChI=1S/C22H21N3O/c1-16-8-7-11-22(20-14-12-19(13-15-20)17(2)26)25(16)24-18(3)23-21-9-5-4-6-10-21/h4-15H,1H2,2-3H3,(H,23,24). The van der Waals surface area contributed by atoms with Gasteiger partial charge in [0.2, 0.25) is 0 Å². The number of allylic oxidation sites excluding steroid dienone is 3. The first-order chi connectivity index (χ1) is 12.5. The number of nitrogens with one attached hydrogen (secondary N) is 1. The van der Waals surface area contributed by atoms with Gasteiger partial charge < -0.3 is 0 Å². The summed E-state index contributed by atoms with van der Waals surface area (Å²) in [5.41, 5.74) is 7.61. The van der Waals surface area contributed by atoms with E-state index < -0.39 is 0 Å². The van der Waals surface area contributed by atoms with Gasteiger partial charge in [-0.2, -0.15) is 0 Å². The minimum atomic E-state index is 0.0549. The van der Waals surface area contributed by atoms with E-state index in [9.17, 15) is 4.79 Å². The van der Waals surface area contributed by atoms with E-state index in [0.717, 1.165) is 28.5 Å². The molecule has 130 valence electrons. The first-order valence-corrected chi connectivity index (χ1v) is 8.40. The van der Waals surface area contributed by atoms with Crippen molar-refractivity contribution in [3.8, 4) is 0 Å². The van der Waals surface area contributed by atoms with Crippen LogP contribution in [-0.4, -0.2) is 16.6 Å². The molecule has 0 fully saturated rings. The van der Waals surface area contributed by atoms with Crippen LogP contribution in [0.2, 0.25) is 0 Å². The van der Waals surface area contributed by atoms with Crippen molar-refractivity contribution in [1.82, 2.24) is 10.4 Å². The lowest BCUT2D eigenvalue weighted by atomic mass is 10.0. The van der Waals surface area contributed by atoms with Gasteiger partial charge >= 0.3 is 0 Å². The molecule has 4 nitrogen and oxygen atoms in total. The fourth-order valence-corrected chi connectivity index (χ4v) is 2.67. The molecule has 2 aromatic carbocycles. The number of Topliss-reactive ketones (excluding diaryl/α,β-unsaturated/α-hetero) is 1. The Morgan fingerprint density at radius 2 is 1.73 bits per heavy atom. The molecule has 0 spiro atoms. The maximum Gasteiger partial charge on any atom is 0.159 e. The fourth-order valence-electron chi connectivity index (χ4n) is 2.67. The van der Waals surface area contributed by atoms with Crippen LogP contribution in [0.15, 0.2) is 90.1 Å². The van der Waals surface area contributed by atoms with Gasteiger partial charge in [0.15, 0.2) is 5.78 Å². The lowest BCUT2D eigenvalue weighted by Gasteiger charge is -2.31. The van der Waals surface area contributed by atoms with E-state index in [-0.39, 0.29) is 5.78 Å². The highest BCUT2D eigenvalue weighted by Crippen LogP contribution is 2.25. The van der Waals surface area contributed by atoms with Gasteiger partial charge in [-0.1, -0.05) is 55.1 Å². The molecule has 0 bridgehead atoms. The number of amidine groups is 1. The quantitative estimate of drug-likeness (QED) is 0.489. The van der Waals surface area contributed by atoms with Crippen molar-refractivity contribution in [2.24, 2.45) is 4.99 Å². The van der Waals surface area contributed by atoms with Crippen LogP contribution in [0.25, 0.3) is 5.70 Å². The molecule has 0 saturated carbocycles. The summed E-state index contributed by atoms with van der Waals surface area (Å²) in [6, 6.07) is 17.3. The fraction of sp³-hybridized carbons (Fsp3) is 0.0909. The van der Waals surface area contributed by atoms with Crippen LogP contribution in [0.5, 0.6) is 0 Å². The van der Waals surface area contributed by atoms with E-state index in [2.05, 4.69) is 17.0 Å². The van der Waals surface area contributed by atoms with Crippen LogP contribution < -0.4 is 5.43 Å². The number of ketones is 1. The third kappa shape index (κ3) is 3.98. The van der Waals surface area contributed by atoms with Crippen molar-refractivity contribution < 1.29 is 4.79 Å². The zero-order chi connectivity index (χ0) is 18.5. The van der Waals surface area contributed by atoms with Crippen molar-refractivity contribution in [3.63, 3.8) is 0 Å². The molecule has 0 aliphatic carbocycles. The van der Waals surface area contributed by atoms with Gasteiger partial charge in [-0.05, 0) is 38.1 Å². The third-order valence-corrected chi connectivity index (χ3v) is 3.98. The Morgan fingerprint density at radius 3 is 2.38 bits per heavy atom. The summed E-state index contributed by atoms with van der Waals surface area (Å²) >= 11 is 0. The molecule has 2 aromatic rings. The monoisotopic (exact) mass is 343 g/mol. The van der Waals surface area contributed by atoms with Gasteiger partial charge in [-0.15, -0.1) is 0 Å². The summed E-state index contributed by atoms with van der Waals surface area (Å²) in [5.74, 6) is 0.804. The van der Waals surface area contributed by atoms with E-state index in [1.807, 2.05) is 84.8 Å². The van der Waals surface area contributed by atoms with E-state index in [4.69, 9.17) is 0 Å². The zero-order valence-corrected chi connectivity index (χ0v) is 14.9.